The van der Waals surface area contributed by atoms with E-state index in [1.54, 1.807) is 0 Å². The molecule has 0 radical (unpaired) electrons. The lowest BCUT2D eigenvalue weighted by atomic mass is 10.1. The number of rotatable bonds is 7. The maximum Gasteiger partial charge on any atom is 0.219 e. The van der Waals surface area contributed by atoms with Crippen molar-refractivity contribution in [2.24, 2.45) is 0 Å². The van der Waals surface area contributed by atoms with Crippen LogP contribution in [0.15, 0.2) is 42.6 Å². The molecule has 4 heteroatoms. The Labute approximate surface area is 126 Å². The fraction of sp³-hybridized carbons (Fsp3) is 0.353. The van der Waals surface area contributed by atoms with Gasteiger partial charge in [-0.2, -0.15) is 0 Å². The second-order valence-electron chi connectivity index (χ2n) is 4.72. The Morgan fingerprint density at radius 3 is 2.62 bits per heavy atom. The van der Waals surface area contributed by atoms with Crippen LogP contribution in [-0.4, -0.2) is 18.1 Å². The average Bonchev–Trinajstić information content (AvgIpc) is 2.49. The highest BCUT2D eigenvalue weighted by Gasteiger charge is 2.05. The molecule has 0 saturated heterocycles. The van der Waals surface area contributed by atoms with Crippen molar-refractivity contribution < 1.29 is 9.47 Å². The predicted octanol–water partition coefficient (Wildman–Crippen LogP) is 3.94. The van der Waals surface area contributed by atoms with Gasteiger partial charge in [0.05, 0.1) is 6.61 Å². The van der Waals surface area contributed by atoms with Crippen molar-refractivity contribution in [1.29, 1.82) is 0 Å². The molecule has 0 bridgehead atoms. The van der Waals surface area contributed by atoms with E-state index in [0.29, 0.717) is 12.5 Å². The van der Waals surface area contributed by atoms with Crippen molar-refractivity contribution in [3.63, 3.8) is 0 Å². The molecule has 2 aromatic rings. The molecule has 0 aliphatic rings. The molecule has 1 aromatic heterocycles. The lowest BCUT2D eigenvalue weighted by Crippen LogP contribution is -2.17. The minimum absolute atomic E-state index is 0.290. The van der Waals surface area contributed by atoms with Gasteiger partial charge < -0.3 is 14.8 Å². The smallest absolute Gasteiger partial charge is 0.219 e. The maximum absolute atomic E-state index is 5.75. The molecular weight excluding hydrogens is 264 g/mol. The van der Waals surface area contributed by atoms with Gasteiger partial charge in [-0.1, -0.05) is 19.1 Å². The molecule has 2 rings (SSSR count). The van der Waals surface area contributed by atoms with Gasteiger partial charge in [0.25, 0.3) is 0 Å². The van der Waals surface area contributed by atoms with Gasteiger partial charge in [0.2, 0.25) is 5.88 Å². The number of hydrogen-bond donors (Lipinski definition) is 1. The highest BCUT2D eigenvalue weighted by Crippen LogP contribution is 2.24. The summed E-state index contributed by atoms with van der Waals surface area (Å²) >= 11 is 0. The van der Waals surface area contributed by atoms with E-state index in [1.165, 1.54) is 0 Å². The van der Waals surface area contributed by atoms with Crippen LogP contribution in [0.2, 0.25) is 0 Å². The van der Waals surface area contributed by atoms with Gasteiger partial charge in [-0.05, 0) is 38.1 Å². The highest BCUT2D eigenvalue weighted by atomic mass is 16.5. The van der Waals surface area contributed by atoms with E-state index >= 15 is 0 Å². The van der Waals surface area contributed by atoms with Crippen LogP contribution in [0, 0.1) is 0 Å². The highest BCUT2D eigenvalue weighted by molar-refractivity contribution is 5.35. The average molecular weight is 286 g/mol. The third-order valence-corrected chi connectivity index (χ3v) is 3.11. The number of ether oxygens (including phenoxy) is 2. The summed E-state index contributed by atoms with van der Waals surface area (Å²) in [4.78, 5) is 4.35. The molecule has 0 spiro atoms. The summed E-state index contributed by atoms with van der Waals surface area (Å²) in [6.07, 6.45) is 1.84. The lowest BCUT2D eigenvalue weighted by molar-refractivity contribution is 0.338. The summed E-state index contributed by atoms with van der Waals surface area (Å²) in [5, 5.41) is 3.36. The van der Waals surface area contributed by atoms with Crippen LogP contribution in [0.4, 0.5) is 0 Å². The topological polar surface area (TPSA) is 43.4 Å². The molecule has 4 nitrogen and oxygen atoms in total. The van der Waals surface area contributed by atoms with E-state index in [2.05, 4.69) is 24.1 Å². The molecule has 0 aliphatic carbocycles. The van der Waals surface area contributed by atoms with E-state index in [1.807, 2.05) is 49.5 Å². The second-order valence-corrected chi connectivity index (χ2v) is 4.72. The zero-order chi connectivity index (χ0) is 15.1. The predicted molar refractivity (Wildman–Crippen MR) is 84.0 cm³/mol. The Bertz CT molecular complexity index is 555. The summed E-state index contributed by atoms with van der Waals surface area (Å²) in [7, 11) is 0. The third kappa shape index (κ3) is 4.46. The SMILES string of the molecule is CCNC(C)c1ccc(Oc2cccc(OCC)c2)nc1. The molecule has 1 heterocycles. The molecule has 0 amide bonds. The first-order chi connectivity index (χ1) is 10.2. The van der Waals surface area contributed by atoms with Gasteiger partial charge in [-0.3, -0.25) is 0 Å². The Hall–Kier alpha value is -2.07. The second kappa shape index (κ2) is 7.64. The van der Waals surface area contributed by atoms with E-state index in [9.17, 15) is 0 Å². The van der Waals surface area contributed by atoms with Crippen molar-refractivity contribution in [3.05, 3.63) is 48.2 Å². The van der Waals surface area contributed by atoms with Gasteiger partial charge in [-0.15, -0.1) is 0 Å². The minimum Gasteiger partial charge on any atom is -0.494 e. The third-order valence-electron chi connectivity index (χ3n) is 3.11. The van der Waals surface area contributed by atoms with E-state index in [0.717, 1.165) is 23.6 Å². The van der Waals surface area contributed by atoms with Gasteiger partial charge in [-0.25, -0.2) is 4.98 Å². The van der Waals surface area contributed by atoms with Crippen LogP contribution in [0.25, 0.3) is 0 Å². The first kappa shape index (κ1) is 15.3. The number of nitrogens with one attached hydrogen (secondary N) is 1. The van der Waals surface area contributed by atoms with Crippen LogP contribution in [-0.2, 0) is 0 Å². The van der Waals surface area contributed by atoms with Gasteiger partial charge in [0.15, 0.2) is 0 Å². The van der Waals surface area contributed by atoms with Crippen molar-refractivity contribution in [1.82, 2.24) is 10.3 Å². The maximum atomic E-state index is 5.75. The first-order valence-corrected chi connectivity index (χ1v) is 7.33. The Balaban J connectivity index is 2.04. The summed E-state index contributed by atoms with van der Waals surface area (Å²) in [5.41, 5.74) is 1.15. The van der Waals surface area contributed by atoms with Gasteiger partial charge >= 0.3 is 0 Å². The number of hydrogen-bond acceptors (Lipinski definition) is 4. The zero-order valence-corrected chi connectivity index (χ0v) is 12.8. The molecule has 1 unspecified atom stereocenters. The summed E-state index contributed by atoms with van der Waals surface area (Å²) in [5.74, 6) is 2.10. The fourth-order valence-corrected chi connectivity index (χ4v) is 2.05. The Morgan fingerprint density at radius 2 is 1.95 bits per heavy atom. The number of pyridine rings is 1. The monoisotopic (exact) mass is 286 g/mol. The quantitative estimate of drug-likeness (QED) is 0.837. The minimum atomic E-state index is 0.290. The van der Waals surface area contributed by atoms with Gasteiger partial charge in [0, 0.05) is 24.4 Å². The molecule has 1 N–H and O–H groups in total. The largest absolute Gasteiger partial charge is 0.494 e. The standard InChI is InChI=1S/C17H22N2O2/c1-4-18-13(3)14-9-10-17(19-12-14)21-16-8-6-7-15(11-16)20-5-2/h6-13,18H,4-5H2,1-3H3. The van der Waals surface area contributed by atoms with Crippen LogP contribution in [0.5, 0.6) is 17.4 Å². The lowest BCUT2D eigenvalue weighted by Gasteiger charge is -2.13. The Kier molecular flexibility index (Phi) is 5.58. The molecule has 112 valence electrons. The van der Waals surface area contributed by atoms with E-state index in [4.69, 9.17) is 9.47 Å². The molecule has 21 heavy (non-hydrogen) atoms. The van der Waals surface area contributed by atoms with Crippen LogP contribution in [0.1, 0.15) is 32.4 Å². The summed E-state index contributed by atoms with van der Waals surface area (Å²) < 4.78 is 11.2. The van der Waals surface area contributed by atoms with E-state index in [-0.39, 0.29) is 6.04 Å². The molecule has 1 aromatic carbocycles. The van der Waals surface area contributed by atoms with Crippen LogP contribution in [0.3, 0.4) is 0 Å². The molecular formula is C17H22N2O2. The molecule has 0 saturated carbocycles. The fourth-order valence-electron chi connectivity index (χ4n) is 2.05. The van der Waals surface area contributed by atoms with Crippen molar-refractivity contribution >= 4 is 0 Å². The number of nitrogens with zero attached hydrogens (tertiary/aromatic N) is 1. The number of benzene rings is 1. The molecule has 0 aliphatic heterocycles. The normalized spacial score (nSPS) is 12.0. The van der Waals surface area contributed by atoms with Crippen LogP contribution >= 0.6 is 0 Å². The van der Waals surface area contributed by atoms with Crippen molar-refractivity contribution in [2.45, 2.75) is 26.8 Å². The summed E-state index contributed by atoms with van der Waals surface area (Å²) in [6.45, 7) is 7.74. The van der Waals surface area contributed by atoms with Crippen molar-refractivity contribution in [3.8, 4) is 17.4 Å². The first-order valence-electron chi connectivity index (χ1n) is 7.33. The van der Waals surface area contributed by atoms with E-state index < -0.39 is 0 Å². The number of aromatic nitrogens is 1. The molecule has 0 fully saturated rings. The van der Waals surface area contributed by atoms with Crippen LogP contribution < -0.4 is 14.8 Å². The zero-order valence-electron chi connectivity index (χ0n) is 12.8. The summed E-state index contributed by atoms with van der Waals surface area (Å²) in [6, 6.07) is 11.8. The Morgan fingerprint density at radius 1 is 1.14 bits per heavy atom. The van der Waals surface area contributed by atoms with Gasteiger partial charge in [0.1, 0.15) is 11.5 Å². The van der Waals surface area contributed by atoms with Crippen molar-refractivity contribution in [2.75, 3.05) is 13.2 Å². The molecule has 1 atom stereocenters.